The summed E-state index contributed by atoms with van der Waals surface area (Å²) in [4.78, 5) is 17.3. The Labute approximate surface area is 178 Å². The van der Waals surface area contributed by atoms with E-state index in [9.17, 15) is 9.90 Å². The number of carbonyl (C=O) groups is 1. The largest absolute Gasteiger partial charge is 0.454 e. The number of anilines is 1. The van der Waals surface area contributed by atoms with Gasteiger partial charge in [0.05, 0.1) is 17.5 Å². The van der Waals surface area contributed by atoms with Gasteiger partial charge in [-0.2, -0.15) is 5.10 Å². The molecule has 8 nitrogen and oxygen atoms in total. The van der Waals surface area contributed by atoms with Gasteiger partial charge in [-0.1, -0.05) is 12.1 Å². The number of nitrogens with one attached hydrogen (secondary N) is 1. The van der Waals surface area contributed by atoms with Gasteiger partial charge in [0.1, 0.15) is 5.82 Å². The summed E-state index contributed by atoms with van der Waals surface area (Å²) in [6.07, 6.45) is 1.65. The molecule has 0 atom stereocenters. The molecule has 1 aliphatic heterocycles. The van der Waals surface area contributed by atoms with Crippen LogP contribution in [0.5, 0.6) is 11.5 Å². The molecule has 0 saturated heterocycles. The molecule has 0 spiro atoms. The van der Waals surface area contributed by atoms with Crippen LogP contribution in [0.4, 0.5) is 5.82 Å². The number of fused-ring (bicyclic) bond motifs is 2. The zero-order valence-electron chi connectivity index (χ0n) is 17.0. The molecule has 2 N–H and O–H groups in total. The van der Waals surface area contributed by atoms with Crippen LogP contribution in [0, 0.1) is 0 Å². The molecular weight excluding hydrogens is 396 g/mol. The van der Waals surface area contributed by atoms with E-state index < -0.39 is 5.60 Å². The van der Waals surface area contributed by atoms with Crippen molar-refractivity contribution in [3.63, 3.8) is 0 Å². The first-order valence-electron chi connectivity index (χ1n) is 9.77. The van der Waals surface area contributed by atoms with Gasteiger partial charge >= 0.3 is 0 Å². The highest BCUT2D eigenvalue weighted by Gasteiger charge is 2.18. The predicted octanol–water partition coefficient (Wildman–Crippen LogP) is 3.60. The predicted molar refractivity (Wildman–Crippen MR) is 114 cm³/mol. The first-order valence-corrected chi connectivity index (χ1v) is 9.77. The van der Waals surface area contributed by atoms with E-state index in [1.54, 1.807) is 61.0 Å². The number of aliphatic hydroxyl groups is 1. The lowest BCUT2D eigenvalue weighted by Crippen LogP contribution is -2.17. The molecule has 0 radical (unpaired) electrons. The molecule has 1 aliphatic rings. The van der Waals surface area contributed by atoms with Crippen molar-refractivity contribution in [1.29, 1.82) is 0 Å². The summed E-state index contributed by atoms with van der Waals surface area (Å²) < 4.78 is 12.6. The third kappa shape index (κ3) is 3.57. The zero-order chi connectivity index (χ0) is 21.6. The van der Waals surface area contributed by atoms with Crippen LogP contribution in [0.2, 0.25) is 0 Å². The van der Waals surface area contributed by atoms with Crippen molar-refractivity contribution < 1.29 is 19.4 Å². The van der Waals surface area contributed by atoms with Crippen molar-refractivity contribution >= 4 is 17.4 Å². The molecule has 0 aliphatic carbocycles. The lowest BCUT2D eigenvalue weighted by Gasteiger charge is -2.17. The second kappa shape index (κ2) is 7.10. The molecule has 5 rings (SSSR count). The normalized spacial score (nSPS) is 12.9. The molecule has 0 unspecified atom stereocenters. The van der Waals surface area contributed by atoms with Gasteiger partial charge < -0.3 is 19.9 Å². The zero-order valence-corrected chi connectivity index (χ0v) is 17.0. The molecule has 156 valence electrons. The third-order valence-corrected chi connectivity index (χ3v) is 5.12. The van der Waals surface area contributed by atoms with Crippen molar-refractivity contribution in [2.75, 3.05) is 12.1 Å². The van der Waals surface area contributed by atoms with Gasteiger partial charge in [-0.3, -0.25) is 4.79 Å². The summed E-state index contributed by atoms with van der Waals surface area (Å²) in [5.74, 6) is 1.46. The van der Waals surface area contributed by atoms with Crippen molar-refractivity contribution in [2.24, 2.45) is 0 Å². The fourth-order valence-corrected chi connectivity index (χ4v) is 3.46. The maximum atomic E-state index is 12.8. The minimum atomic E-state index is -0.969. The van der Waals surface area contributed by atoms with E-state index in [0.29, 0.717) is 28.5 Å². The second-order valence-corrected chi connectivity index (χ2v) is 7.79. The summed E-state index contributed by atoms with van der Waals surface area (Å²) in [7, 11) is 0. The smallest absolute Gasteiger partial charge is 0.256 e. The van der Waals surface area contributed by atoms with Gasteiger partial charge in [-0.15, -0.1) is 0 Å². The Balaban J connectivity index is 1.48. The molecule has 0 fully saturated rings. The van der Waals surface area contributed by atoms with Crippen LogP contribution >= 0.6 is 0 Å². The number of amides is 1. The first kappa shape index (κ1) is 19.1. The Hall–Kier alpha value is -3.91. The highest BCUT2D eigenvalue weighted by Crippen LogP contribution is 2.36. The van der Waals surface area contributed by atoms with Crippen LogP contribution < -0.4 is 14.8 Å². The topological polar surface area (TPSA) is 98.0 Å². The van der Waals surface area contributed by atoms with Crippen molar-refractivity contribution in [3.05, 3.63) is 71.9 Å². The lowest BCUT2D eigenvalue weighted by molar-refractivity contribution is 0.0785. The quantitative estimate of drug-likeness (QED) is 0.528. The van der Waals surface area contributed by atoms with Crippen LogP contribution in [0.25, 0.3) is 16.9 Å². The summed E-state index contributed by atoms with van der Waals surface area (Å²) in [5, 5.41) is 17.3. The van der Waals surface area contributed by atoms with Gasteiger partial charge in [-0.25, -0.2) is 9.50 Å². The molecular formula is C23H20N4O4. The second-order valence-electron chi connectivity index (χ2n) is 7.79. The van der Waals surface area contributed by atoms with Gasteiger partial charge in [0, 0.05) is 23.3 Å². The van der Waals surface area contributed by atoms with Crippen LogP contribution in [0.3, 0.4) is 0 Å². The Morgan fingerprint density at radius 1 is 1.06 bits per heavy atom. The van der Waals surface area contributed by atoms with E-state index in [0.717, 1.165) is 16.8 Å². The number of rotatable bonds is 4. The molecule has 8 heteroatoms. The number of benzene rings is 2. The van der Waals surface area contributed by atoms with Crippen LogP contribution in [0.15, 0.2) is 60.8 Å². The van der Waals surface area contributed by atoms with E-state index in [2.05, 4.69) is 15.4 Å². The number of ether oxygens (including phenoxy) is 2. The van der Waals surface area contributed by atoms with E-state index >= 15 is 0 Å². The number of carbonyl (C=O) groups excluding carboxylic acids is 1. The van der Waals surface area contributed by atoms with E-state index in [4.69, 9.17) is 9.47 Å². The Bertz CT molecular complexity index is 1290. The number of aromatic nitrogens is 3. The standard InChI is InChI=1S/C23H20N4O4/c1-23(2,29)16-6-3-14(4-7-16)22(28)26-20-12-17(27-21(25-20)9-10-24-27)15-5-8-18-19(11-15)31-13-30-18/h3-12,29H,13H2,1-2H3,(H,25,26,28). The molecule has 31 heavy (non-hydrogen) atoms. The van der Waals surface area contributed by atoms with E-state index in [1.807, 2.05) is 18.2 Å². The van der Waals surface area contributed by atoms with Crippen molar-refractivity contribution in [3.8, 4) is 22.8 Å². The van der Waals surface area contributed by atoms with E-state index in [-0.39, 0.29) is 12.7 Å². The van der Waals surface area contributed by atoms with E-state index in [1.165, 1.54) is 0 Å². The Morgan fingerprint density at radius 3 is 2.61 bits per heavy atom. The summed E-state index contributed by atoms with van der Waals surface area (Å²) in [5.41, 5.74) is 2.43. The fraction of sp³-hybridized carbons (Fsp3) is 0.174. The number of hydrogen-bond donors (Lipinski definition) is 2. The number of nitrogens with zero attached hydrogens (tertiary/aromatic N) is 3. The van der Waals surface area contributed by atoms with Crippen molar-refractivity contribution in [2.45, 2.75) is 19.4 Å². The lowest BCUT2D eigenvalue weighted by atomic mass is 9.97. The summed E-state index contributed by atoms with van der Waals surface area (Å²) in [6.45, 7) is 3.59. The molecule has 4 aromatic rings. The van der Waals surface area contributed by atoms with Gasteiger partial charge in [0.15, 0.2) is 17.1 Å². The van der Waals surface area contributed by atoms with Crippen LogP contribution in [0.1, 0.15) is 29.8 Å². The molecule has 2 aromatic heterocycles. The SMILES string of the molecule is CC(C)(O)c1ccc(C(=O)Nc2cc(-c3ccc4c(c3)OCO4)n3nccc3n2)cc1. The highest BCUT2D eigenvalue weighted by molar-refractivity contribution is 6.04. The summed E-state index contributed by atoms with van der Waals surface area (Å²) >= 11 is 0. The number of hydrogen-bond acceptors (Lipinski definition) is 6. The maximum absolute atomic E-state index is 12.8. The third-order valence-electron chi connectivity index (χ3n) is 5.12. The van der Waals surface area contributed by atoms with Crippen molar-refractivity contribution in [1.82, 2.24) is 14.6 Å². The average Bonchev–Trinajstić information content (AvgIpc) is 3.41. The Morgan fingerprint density at radius 2 is 1.84 bits per heavy atom. The van der Waals surface area contributed by atoms with Crippen LogP contribution in [-0.4, -0.2) is 32.4 Å². The average molecular weight is 416 g/mol. The van der Waals surface area contributed by atoms with Crippen LogP contribution in [-0.2, 0) is 5.60 Å². The summed E-state index contributed by atoms with van der Waals surface area (Å²) in [6, 6.07) is 16.0. The minimum Gasteiger partial charge on any atom is -0.454 e. The van der Waals surface area contributed by atoms with Gasteiger partial charge in [-0.05, 0) is 49.7 Å². The molecule has 0 saturated carbocycles. The Kier molecular flexibility index (Phi) is 4.37. The highest BCUT2D eigenvalue weighted by atomic mass is 16.7. The molecule has 3 heterocycles. The van der Waals surface area contributed by atoms with Gasteiger partial charge in [0.25, 0.3) is 5.91 Å². The fourth-order valence-electron chi connectivity index (χ4n) is 3.46. The monoisotopic (exact) mass is 416 g/mol. The van der Waals surface area contributed by atoms with Gasteiger partial charge in [0.2, 0.25) is 6.79 Å². The first-order chi connectivity index (χ1) is 14.9. The molecule has 2 aromatic carbocycles. The molecule has 0 bridgehead atoms. The maximum Gasteiger partial charge on any atom is 0.256 e. The minimum absolute atomic E-state index is 0.194. The molecule has 1 amide bonds.